The molecular formula is C23H24N4O2S. The maximum Gasteiger partial charge on any atom is 0.262 e. The lowest BCUT2D eigenvalue weighted by Crippen LogP contribution is -2.14. The molecule has 0 aliphatic rings. The molecule has 1 heterocycles. The van der Waals surface area contributed by atoms with Crippen LogP contribution >= 0.6 is 0 Å². The summed E-state index contributed by atoms with van der Waals surface area (Å²) in [5.74, 6) is 0. The molecule has 0 saturated carbocycles. The number of hydrogen-bond donors (Lipinski definition) is 2. The Morgan fingerprint density at radius 2 is 1.63 bits per heavy atom. The van der Waals surface area contributed by atoms with Crippen LogP contribution in [0.1, 0.15) is 17.0 Å². The van der Waals surface area contributed by atoms with Crippen LogP contribution in [0.25, 0.3) is 10.8 Å². The number of rotatable bonds is 6. The van der Waals surface area contributed by atoms with Gasteiger partial charge in [-0.1, -0.05) is 48.5 Å². The monoisotopic (exact) mass is 420 g/mol. The van der Waals surface area contributed by atoms with E-state index in [0.717, 1.165) is 22.3 Å². The van der Waals surface area contributed by atoms with Crippen LogP contribution in [0.3, 0.4) is 0 Å². The quantitative estimate of drug-likeness (QED) is 0.478. The van der Waals surface area contributed by atoms with Gasteiger partial charge in [0.2, 0.25) is 0 Å². The van der Waals surface area contributed by atoms with Gasteiger partial charge < -0.3 is 5.32 Å². The second kappa shape index (κ2) is 7.84. The summed E-state index contributed by atoms with van der Waals surface area (Å²) in [6, 6.07) is 21.3. The number of aromatic nitrogens is 2. The number of nitrogens with one attached hydrogen (secondary N) is 2. The van der Waals surface area contributed by atoms with E-state index in [4.69, 9.17) is 0 Å². The second-order valence-corrected chi connectivity index (χ2v) is 8.98. The average Bonchev–Trinajstić information content (AvgIpc) is 2.98. The fourth-order valence-corrected chi connectivity index (χ4v) is 4.65. The van der Waals surface area contributed by atoms with Crippen molar-refractivity contribution in [2.75, 3.05) is 10.0 Å². The van der Waals surface area contributed by atoms with Crippen molar-refractivity contribution in [2.24, 2.45) is 7.05 Å². The number of sulfonamides is 1. The van der Waals surface area contributed by atoms with Crippen molar-refractivity contribution in [1.29, 1.82) is 0 Å². The first-order valence-corrected chi connectivity index (χ1v) is 11.2. The SMILES string of the molecule is Cc1nn(C)c(C)c1NS(=O)(=O)c1ccc(CNc2cccc3ccccc23)cc1. The Kier molecular flexibility index (Phi) is 5.22. The molecule has 7 heteroatoms. The van der Waals surface area contributed by atoms with E-state index in [9.17, 15) is 8.42 Å². The molecule has 154 valence electrons. The minimum atomic E-state index is -3.68. The Labute approximate surface area is 176 Å². The van der Waals surface area contributed by atoms with Gasteiger partial charge in [-0.2, -0.15) is 5.10 Å². The van der Waals surface area contributed by atoms with Gasteiger partial charge in [0.25, 0.3) is 10.0 Å². The lowest BCUT2D eigenvalue weighted by molar-refractivity contribution is 0.601. The van der Waals surface area contributed by atoms with Gasteiger partial charge >= 0.3 is 0 Å². The van der Waals surface area contributed by atoms with Crippen LogP contribution in [0, 0.1) is 13.8 Å². The molecule has 4 rings (SSSR count). The van der Waals surface area contributed by atoms with Gasteiger partial charge in [0.1, 0.15) is 0 Å². The number of fused-ring (bicyclic) bond motifs is 1. The number of anilines is 2. The fraction of sp³-hybridized carbons (Fsp3) is 0.174. The van der Waals surface area contributed by atoms with E-state index in [0.29, 0.717) is 17.9 Å². The summed E-state index contributed by atoms with van der Waals surface area (Å²) in [6.45, 7) is 4.22. The number of hydrogen-bond acceptors (Lipinski definition) is 4. The summed E-state index contributed by atoms with van der Waals surface area (Å²) in [5.41, 5.74) is 3.99. The third-order valence-electron chi connectivity index (χ3n) is 5.25. The maximum atomic E-state index is 12.8. The van der Waals surface area contributed by atoms with Gasteiger partial charge in [0.15, 0.2) is 0 Å². The highest BCUT2D eigenvalue weighted by molar-refractivity contribution is 7.92. The van der Waals surface area contributed by atoms with Gasteiger partial charge in [0.05, 0.1) is 22.0 Å². The molecule has 4 aromatic rings. The summed E-state index contributed by atoms with van der Waals surface area (Å²) in [7, 11) is -1.89. The normalized spacial score (nSPS) is 11.6. The third-order valence-corrected chi connectivity index (χ3v) is 6.62. The zero-order chi connectivity index (χ0) is 21.3. The Morgan fingerprint density at radius 3 is 2.33 bits per heavy atom. The predicted molar refractivity (Wildman–Crippen MR) is 121 cm³/mol. The summed E-state index contributed by atoms with van der Waals surface area (Å²) in [5, 5.41) is 10.0. The molecule has 0 aliphatic carbocycles. The molecule has 0 radical (unpaired) electrons. The van der Waals surface area contributed by atoms with Gasteiger partial charge in [0, 0.05) is 24.7 Å². The molecule has 30 heavy (non-hydrogen) atoms. The van der Waals surface area contributed by atoms with Crippen LogP contribution in [0.4, 0.5) is 11.4 Å². The molecule has 0 amide bonds. The Morgan fingerprint density at radius 1 is 0.933 bits per heavy atom. The Balaban J connectivity index is 1.49. The van der Waals surface area contributed by atoms with E-state index in [2.05, 4.69) is 33.3 Å². The molecule has 0 bridgehead atoms. The molecule has 3 aromatic carbocycles. The van der Waals surface area contributed by atoms with E-state index in [1.165, 1.54) is 5.39 Å². The minimum absolute atomic E-state index is 0.221. The van der Waals surface area contributed by atoms with Crippen molar-refractivity contribution >= 4 is 32.2 Å². The predicted octanol–water partition coefficient (Wildman–Crippen LogP) is 4.60. The zero-order valence-electron chi connectivity index (χ0n) is 17.2. The fourth-order valence-electron chi connectivity index (χ4n) is 3.48. The first-order valence-electron chi connectivity index (χ1n) is 9.69. The molecule has 0 aliphatic heterocycles. The van der Waals surface area contributed by atoms with E-state index < -0.39 is 10.0 Å². The Bertz CT molecular complexity index is 1300. The lowest BCUT2D eigenvalue weighted by atomic mass is 10.1. The standard InChI is InChI=1S/C23H24N4O2S/c1-16-23(17(2)27(3)25-16)26-30(28,29)20-13-11-18(12-14-20)15-24-22-10-6-8-19-7-4-5-9-21(19)22/h4-14,24,26H,15H2,1-3H3. The van der Waals surface area contributed by atoms with E-state index >= 15 is 0 Å². The van der Waals surface area contributed by atoms with Crippen LogP contribution in [0.2, 0.25) is 0 Å². The van der Waals surface area contributed by atoms with Gasteiger partial charge in [-0.3, -0.25) is 9.40 Å². The van der Waals surface area contributed by atoms with Crippen molar-refractivity contribution in [3.63, 3.8) is 0 Å². The van der Waals surface area contributed by atoms with E-state index in [1.54, 1.807) is 30.8 Å². The molecule has 6 nitrogen and oxygen atoms in total. The minimum Gasteiger partial charge on any atom is -0.380 e. The number of aryl methyl sites for hydroxylation is 2. The first-order chi connectivity index (χ1) is 14.3. The van der Waals surface area contributed by atoms with Gasteiger partial charge in [-0.05, 0) is 43.0 Å². The van der Waals surface area contributed by atoms with Crippen LogP contribution < -0.4 is 10.0 Å². The lowest BCUT2D eigenvalue weighted by Gasteiger charge is -2.11. The Hall–Kier alpha value is -3.32. The first kappa shape index (κ1) is 20.0. The highest BCUT2D eigenvalue weighted by atomic mass is 32.2. The topological polar surface area (TPSA) is 76.0 Å². The van der Waals surface area contributed by atoms with Crippen molar-refractivity contribution in [3.05, 3.63) is 83.7 Å². The molecule has 2 N–H and O–H groups in total. The summed E-state index contributed by atoms with van der Waals surface area (Å²) in [6.07, 6.45) is 0. The third kappa shape index (κ3) is 3.89. The molecule has 0 saturated heterocycles. The van der Waals surface area contributed by atoms with Crippen LogP contribution in [0.15, 0.2) is 71.6 Å². The number of nitrogens with zero attached hydrogens (tertiary/aromatic N) is 2. The molecule has 0 spiro atoms. The molecule has 0 unspecified atom stereocenters. The summed E-state index contributed by atoms with van der Waals surface area (Å²) in [4.78, 5) is 0.221. The van der Waals surface area contributed by atoms with Crippen LogP contribution in [0.5, 0.6) is 0 Å². The second-order valence-electron chi connectivity index (χ2n) is 7.30. The smallest absolute Gasteiger partial charge is 0.262 e. The molecule has 0 fully saturated rings. The van der Waals surface area contributed by atoms with Gasteiger partial charge in [-0.25, -0.2) is 8.42 Å². The largest absolute Gasteiger partial charge is 0.380 e. The van der Waals surface area contributed by atoms with Crippen molar-refractivity contribution in [3.8, 4) is 0 Å². The highest BCUT2D eigenvalue weighted by Crippen LogP contribution is 2.25. The van der Waals surface area contributed by atoms with E-state index in [1.807, 2.05) is 43.3 Å². The van der Waals surface area contributed by atoms with Crippen LogP contribution in [-0.2, 0) is 23.6 Å². The maximum absolute atomic E-state index is 12.8. The average molecular weight is 421 g/mol. The summed E-state index contributed by atoms with van der Waals surface area (Å²) >= 11 is 0. The van der Waals surface area contributed by atoms with Crippen molar-refractivity contribution in [2.45, 2.75) is 25.3 Å². The highest BCUT2D eigenvalue weighted by Gasteiger charge is 2.19. The molecule has 1 aromatic heterocycles. The van der Waals surface area contributed by atoms with Crippen LogP contribution in [-0.4, -0.2) is 18.2 Å². The summed E-state index contributed by atoms with van der Waals surface area (Å²) < 4.78 is 29.9. The van der Waals surface area contributed by atoms with Gasteiger partial charge in [-0.15, -0.1) is 0 Å². The van der Waals surface area contributed by atoms with E-state index in [-0.39, 0.29) is 4.90 Å². The number of benzene rings is 3. The zero-order valence-corrected chi connectivity index (χ0v) is 18.0. The molecular weight excluding hydrogens is 396 g/mol. The molecule has 0 atom stereocenters. The van der Waals surface area contributed by atoms with Crippen molar-refractivity contribution < 1.29 is 8.42 Å². The van der Waals surface area contributed by atoms with Crippen molar-refractivity contribution in [1.82, 2.24) is 9.78 Å².